The van der Waals surface area contributed by atoms with Crippen molar-refractivity contribution in [1.29, 1.82) is 0 Å². The van der Waals surface area contributed by atoms with Crippen molar-refractivity contribution in [3.63, 3.8) is 0 Å². The van der Waals surface area contributed by atoms with E-state index in [0.29, 0.717) is 32.7 Å². The smallest absolute Gasteiger partial charge is 0.410 e. The SMILES string of the molecule is COc1nc2ccc(S(C)(=O)=O)cc2cc1C(c1ccc(Cl)cc1)C1(O)CCN(C(=O)OC(C)(C)C)CC1Cc1cccc[n+]1[O-]. The van der Waals surface area contributed by atoms with Gasteiger partial charge in [-0.05, 0) is 69.2 Å². The van der Waals surface area contributed by atoms with Crippen LogP contribution in [0.5, 0.6) is 5.88 Å². The van der Waals surface area contributed by atoms with Crippen molar-refractivity contribution < 1.29 is 32.5 Å². The van der Waals surface area contributed by atoms with Gasteiger partial charge in [-0.2, -0.15) is 4.73 Å². The minimum Gasteiger partial charge on any atom is -0.619 e. The first kappa shape index (κ1) is 33.4. The number of halogens is 1. The fraction of sp³-hybridized carbons (Fsp3) is 0.382. The summed E-state index contributed by atoms with van der Waals surface area (Å²) in [6.07, 6.45) is 2.30. The normalized spacial score (nSPS) is 19.5. The summed E-state index contributed by atoms with van der Waals surface area (Å²) in [6, 6.07) is 18.6. The molecule has 1 N–H and O–H groups in total. The molecule has 3 unspecified atom stereocenters. The van der Waals surface area contributed by atoms with Gasteiger partial charge in [0.25, 0.3) is 0 Å². The Morgan fingerprint density at radius 2 is 1.89 bits per heavy atom. The minimum atomic E-state index is -3.51. The van der Waals surface area contributed by atoms with Crippen LogP contribution < -0.4 is 9.47 Å². The number of likely N-dealkylation sites (tertiary alicyclic amines) is 1. The zero-order valence-corrected chi connectivity index (χ0v) is 28.0. The molecule has 0 saturated carbocycles. The molecule has 5 rings (SSSR count). The number of pyridine rings is 2. The molecule has 0 bridgehead atoms. The van der Waals surface area contributed by atoms with Gasteiger partial charge in [-0.3, -0.25) is 0 Å². The van der Waals surface area contributed by atoms with Crippen LogP contribution in [0.1, 0.15) is 49.9 Å². The maximum atomic E-state index is 13.3. The molecule has 244 valence electrons. The predicted octanol–water partition coefficient (Wildman–Crippen LogP) is 5.30. The lowest BCUT2D eigenvalue weighted by molar-refractivity contribution is -0.614. The molecule has 3 heterocycles. The van der Waals surface area contributed by atoms with Crippen molar-refractivity contribution in [3.05, 3.63) is 100.0 Å². The molecule has 10 nitrogen and oxygen atoms in total. The minimum absolute atomic E-state index is 0.103. The number of aromatic nitrogens is 2. The van der Waals surface area contributed by atoms with Crippen molar-refractivity contribution in [2.75, 3.05) is 26.5 Å². The van der Waals surface area contributed by atoms with Gasteiger partial charge in [0.2, 0.25) is 5.88 Å². The average molecular weight is 668 g/mol. The molecule has 1 aliphatic heterocycles. The van der Waals surface area contributed by atoms with Crippen molar-refractivity contribution in [3.8, 4) is 5.88 Å². The van der Waals surface area contributed by atoms with Gasteiger partial charge >= 0.3 is 6.09 Å². The summed E-state index contributed by atoms with van der Waals surface area (Å²) in [6.45, 7) is 5.65. The number of benzene rings is 2. The molecule has 2 aromatic heterocycles. The second-order valence-corrected chi connectivity index (χ2v) is 15.2. The molecule has 4 aromatic rings. The number of methoxy groups -OCH3 is 1. The second kappa shape index (κ2) is 12.7. The summed E-state index contributed by atoms with van der Waals surface area (Å²) in [7, 11) is -2.03. The molecule has 0 spiro atoms. The fourth-order valence-corrected chi connectivity index (χ4v) is 6.95. The maximum Gasteiger partial charge on any atom is 0.410 e. The number of fused-ring (bicyclic) bond motifs is 1. The molecule has 1 fully saturated rings. The van der Waals surface area contributed by atoms with E-state index in [1.165, 1.54) is 19.4 Å². The van der Waals surface area contributed by atoms with Crippen molar-refractivity contribution in [1.82, 2.24) is 9.88 Å². The van der Waals surface area contributed by atoms with Crippen LogP contribution in [0.15, 0.2) is 77.8 Å². The highest BCUT2D eigenvalue weighted by Crippen LogP contribution is 2.48. The number of rotatable bonds is 7. The standard InChI is InChI=1S/C34H38ClN3O7S/c1-33(2,3)45-32(39)37-17-15-34(40,24(21-37)20-26-8-6-7-16-38(26)41)30(22-9-11-25(35)12-10-22)28-19-23-18-27(46(5,42)43)13-14-29(23)36-31(28)44-4/h6-14,16,18-19,24,30,40H,15,17,20-21H2,1-5H3. The average Bonchev–Trinajstić information content (AvgIpc) is 2.98. The monoisotopic (exact) mass is 667 g/mol. The molecule has 1 amide bonds. The number of hydrogen-bond acceptors (Lipinski definition) is 8. The van der Waals surface area contributed by atoms with Gasteiger partial charge in [0.1, 0.15) is 5.60 Å². The lowest BCUT2D eigenvalue weighted by Gasteiger charge is -2.48. The highest BCUT2D eigenvalue weighted by atomic mass is 35.5. The number of sulfone groups is 1. The number of ether oxygens (including phenoxy) is 2. The number of nitrogens with zero attached hydrogens (tertiary/aromatic N) is 3. The molecule has 0 radical (unpaired) electrons. The largest absolute Gasteiger partial charge is 0.619 e. The maximum absolute atomic E-state index is 13.3. The third kappa shape index (κ3) is 7.06. The molecule has 1 saturated heterocycles. The molecule has 3 atom stereocenters. The molecular weight excluding hydrogens is 630 g/mol. The number of hydrogen-bond donors (Lipinski definition) is 1. The van der Waals surface area contributed by atoms with E-state index < -0.39 is 39.0 Å². The summed E-state index contributed by atoms with van der Waals surface area (Å²) in [4.78, 5) is 19.7. The third-order valence-corrected chi connectivity index (χ3v) is 9.72. The van der Waals surface area contributed by atoms with E-state index in [1.54, 1.807) is 74.2 Å². The van der Waals surface area contributed by atoms with Crippen LogP contribution in [0.25, 0.3) is 10.9 Å². The summed E-state index contributed by atoms with van der Waals surface area (Å²) in [5, 5.41) is 26.9. The summed E-state index contributed by atoms with van der Waals surface area (Å²) < 4.78 is 37.1. The van der Waals surface area contributed by atoms with Crippen LogP contribution in [-0.2, 0) is 21.0 Å². The Labute approximate surface area is 274 Å². The first-order valence-electron chi connectivity index (χ1n) is 14.9. The highest BCUT2D eigenvalue weighted by Gasteiger charge is 2.51. The quantitative estimate of drug-likeness (QED) is 0.208. The van der Waals surface area contributed by atoms with Crippen LogP contribution in [0.3, 0.4) is 0 Å². The molecule has 2 aromatic carbocycles. The summed E-state index contributed by atoms with van der Waals surface area (Å²) >= 11 is 6.29. The lowest BCUT2D eigenvalue weighted by atomic mass is 9.66. The number of carbonyl (C=O) groups excluding carboxylic acids is 1. The summed E-state index contributed by atoms with van der Waals surface area (Å²) in [5.41, 5.74) is -0.116. The van der Waals surface area contributed by atoms with E-state index in [-0.39, 0.29) is 36.7 Å². The van der Waals surface area contributed by atoms with Gasteiger partial charge in [-0.1, -0.05) is 29.8 Å². The number of aliphatic hydroxyl groups is 1. The predicted molar refractivity (Wildman–Crippen MR) is 175 cm³/mol. The topological polar surface area (TPSA) is 133 Å². The van der Waals surface area contributed by atoms with Gasteiger partial charge in [-0.15, -0.1) is 0 Å². The van der Waals surface area contributed by atoms with Crippen molar-refractivity contribution in [2.24, 2.45) is 5.92 Å². The zero-order chi connectivity index (χ0) is 33.4. The van der Waals surface area contributed by atoms with E-state index in [0.717, 1.165) is 11.0 Å². The third-order valence-electron chi connectivity index (χ3n) is 8.36. The van der Waals surface area contributed by atoms with Crippen LogP contribution in [-0.4, -0.2) is 67.2 Å². The fourth-order valence-electron chi connectivity index (χ4n) is 6.17. The Hall–Kier alpha value is -3.93. The molecule has 46 heavy (non-hydrogen) atoms. The Morgan fingerprint density at radius 3 is 2.52 bits per heavy atom. The Balaban J connectivity index is 1.71. The highest BCUT2D eigenvalue weighted by molar-refractivity contribution is 7.90. The first-order chi connectivity index (χ1) is 21.6. The van der Waals surface area contributed by atoms with E-state index in [2.05, 4.69) is 0 Å². The zero-order valence-electron chi connectivity index (χ0n) is 26.4. The van der Waals surface area contributed by atoms with E-state index in [4.69, 9.17) is 26.1 Å². The van der Waals surface area contributed by atoms with E-state index in [1.807, 2.05) is 12.1 Å². The van der Waals surface area contributed by atoms with Crippen LogP contribution >= 0.6 is 11.6 Å². The lowest BCUT2D eigenvalue weighted by Crippen LogP contribution is -2.58. The molecule has 12 heteroatoms. The van der Waals surface area contributed by atoms with Gasteiger partial charge in [-0.25, -0.2) is 18.2 Å². The van der Waals surface area contributed by atoms with Crippen LogP contribution in [0.2, 0.25) is 5.02 Å². The number of piperidine rings is 1. The number of amides is 1. The molecule has 1 aliphatic rings. The summed E-state index contributed by atoms with van der Waals surface area (Å²) in [5.74, 6) is -1.19. The van der Waals surface area contributed by atoms with E-state index >= 15 is 0 Å². The first-order valence-corrected chi connectivity index (χ1v) is 17.2. The van der Waals surface area contributed by atoms with Gasteiger partial charge in [0, 0.05) is 65.7 Å². The Bertz CT molecular complexity index is 1860. The van der Waals surface area contributed by atoms with Gasteiger partial charge in [0.15, 0.2) is 21.7 Å². The Morgan fingerprint density at radius 1 is 1.17 bits per heavy atom. The molecular formula is C34H38ClN3O7S. The van der Waals surface area contributed by atoms with E-state index in [9.17, 15) is 23.5 Å². The second-order valence-electron chi connectivity index (χ2n) is 12.8. The van der Waals surface area contributed by atoms with Gasteiger partial charge in [0.05, 0.1) is 23.1 Å². The molecule has 0 aliphatic carbocycles. The van der Waals surface area contributed by atoms with Crippen molar-refractivity contribution >= 4 is 38.4 Å². The van der Waals surface area contributed by atoms with Crippen LogP contribution in [0, 0.1) is 11.1 Å². The number of carbonyl (C=O) groups is 1. The Kier molecular flexibility index (Phi) is 9.23. The van der Waals surface area contributed by atoms with Gasteiger partial charge < -0.3 is 24.7 Å². The van der Waals surface area contributed by atoms with Crippen LogP contribution in [0.4, 0.5) is 4.79 Å². The van der Waals surface area contributed by atoms with Crippen molar-refractivity contribution in [2.45, 2.75) is 55.6 Å².